The molecule has 0 spiro atoms. The van der Waals surface area contributed by atoms with Gasteiger partial charge in [-0.05, 0) is 31.0 Å². The molecular weight excluding hydrogens is 281 g/mol. The third-order valence-corrected chi connectivity index (χ3v) is 4.43. The molecule has 1 fully saturated rings. The molecule has 1 aliphatic rings. The summed E-state index contributed by atoms with van der Waals surface area (Å²) in [4.78, 5) is 4.71. The lowest BCUT2D eigenvalue weighted by Gasteiger charge is -2.14. The second-order valence-electron chi connectivity index (χ2n) is 4.97. The smallest absolute Gasteiger partial charge is 0.0927 e. The van der Waals surface area contributed by atoms with Crippen molar-refractivity contribution in [1.29, 1.82) is 0 Å². The summed E-state index contributed by atoms with van der Waals surface area (Å²) in [7, 11) is 0. The number of nitrogen functional groups attached to an aromatic ring is 1. The van der Waals surface area contributed by atoms with Crippen LogP contribution < -0.4 is 11.3 Å². The van der Waals surface area contributed by atoms with Gasteiger partial charge in [0.1, 0.15) is 0 Å². The Kier molecular flexibility index (Phi) is 3.52. The van der Waals surface area contributed by atoms with E-state index < -0.39 is 0 Å². The van der Waals surface area contributed by atoms with Gasteiger partial charge in [-0.3, -0.25) is 10.8 Å². The Hall–Kier alpha value is -1.03. The van der Waals surface area contributed by atoms with Crippen LogP contribution in [0.1, 0.15) is 37.3 Å². The number of anilines is 1. The summed E-state index contributed by atoms with van der Waals surface area (Å²) in [6, 6.07) is 5.54. The summed E-state index contributed by atoms with van der Waals surface area (Å²) >= 11 is 12.5. The molecule has 19 heavy (non-hydrogen) atoms. The van der Waals surface area contributed by atoms with Gasteiger partial charge in [0.2, 0.25) is 0 Å². The molecule has 0 bridgehead atoms. The van der Waals surface area contributed by atoms with Crippen LogP contribution in [-0.2, 0) is 0 Å². The highest BCUT2D eigenvalue weighted by atomic mass is 35.5. The van der Waals surface area contributed by atoms with Crippen molar-refractivity contribution in [1.82, 2.24) is 4.98 Å². The Labute approximate surface area is 122 Å². The van der Waals surface area contributed by atoms with Gasteiger partial charge in [-0.1, -0.05) is 36.0 Å². The van der Waals surface area contributed by atoms with Gasteiger partial charge in [-0.25, -0.2) is 0 Å². The van der Waals surface area contributed by atoms with E-state index in [1.165, 1.54) is 25.7 Å². The molecule has 100 valence electrons. The lowest BCUT2D eigenvalue weighted by atomic mass is 10.0. The molecule has 0 radical (unpaired) electrons. The lowest BCUT2D eigenvalue weighted by Crippen LogP contribution is -2.09. The van der Waals surface area contributed by atoms with Crippen molar-refractivity contribution in [2.75, 3.05) is 5.43 Å². The van der Waals surface area contributed by atoms with Crippen LogP contribution in [0.3, 0.4) is 0 Å². The van der Waals surface area contributed by atoms with Crippen molar-refractivity contribution in [2.24, 2.45) is 5.84 Å². The van der Waals surface area contributed by atoms with Crippen LogP contribution in [0.4, 0.5) is 5.69 Å². The molecule has 1 saturated carbocycles. The van der Waals surface area contributed by atoms with Gasteiger partial charge in [0, 0.05) is 17.0 Å². The van der Waals surface area contributed by atoms with E-state index in [9.17, 15) is 0 Å². The average Bonchev–Trinajstić information content (AvgIpc) is 2.96. The first-order chi connectivity index (χ1) is 9.20. The number of hydrazine groups is 1. The molecule has 1 aromatic heterocycles. The number of pyridine rings is 1. The highest BCUT2D eigenvalue weighted by Gasteiger charge is 2.21. The topological polar surface area (TPSA) is 50.9 Å². The first kappa shape index (κ1) is 13.0. The number of benzene rings is 1. The van der Waals surface area contributed by atoms with Gasteiger partial charge >= 0.3 is 0 Å². The number of nitrogens with zero attached hydrogens (tertiary/aromatic N) is 1. The van der Waals surface area contributed by atoms with Gasteiger partial charge in [0.05, 0.1) is 21.2 Å². The summed E-state index contributed by atoms with van der Waals surface area (Å²) in [5.74, 6) is 6.13. The first-order valence-corrected chi connectivity index (χ1v) is 7.21. The first-order valence-electron chi connectivity index (χ1n) is 6.46. The maximum atomic E-state index is 6.25. The predicted octanol–water partition coefficient (Wildman–Crippen LogP) is 4.48. The molecule has 0 saturated heterocycles. The molecule has 0 aliphatic heterocycles. The zero-order chi connectivity index (χ0) is 13.4. The van der Waals surface area contributed by atoms with E-state index in [0.29, 0.717) is 16.0 Å². The Morgan fingerprint density at radius 3 is 2.53 bits per heavy atom. The van der Waals surface area contributed by atoms with Crippen LogP contribution in [0, 0.1) is 0 Å². The normalized spacial score (nSPS) is 16.2. The van der Waals surface area contributed by atoms with E-state index in [2.05, 4.69) is 5.43 Å². The van der Waals surface area contributed by atoms with Crippen molar-refractivity contribution in [3.05, 3.63) is 33.9 Å². The molecular formula is C14H15Cl2N3. The molecule has 1 heterocycles. The van der Waals surface area contributed by atoms with Gasteiger partial charge < -0.3 is 5.43 Å². The van der Waals surface area contributed by atoms with E-state index >= 15 is 0 Å². The number of aromatic nitrogens is 1. The van der Waals surface area contributed by atoms with Crippen LogP contribution >= 0.6 is 23.2 Å². The van der Waals surface area contributed by atoms with Gasteiger partial charge in [-0.2, -0.15) is 0 Å². The van der Waals surface area contributed by atoms with Crippen molar-refractivity contribution < 1.29 is 0 Å². The summed E-state index contributed by atoms with van der Waals surface area (Å²) in [6.07, 6.45) is 4.89. The van der Waals surface area contributed by atoms with Crippen molar-refractivity contribution >= 4 is 39.8 Å². The maximum absolute atomic E-state index is 6.25. The fraction of sp³-hybridized carbons (Fsp3) is 0.357. The average molecular weight is 296 g/mol. The molecule has 3 N–H and O–H groups in total. The standard InChI is InChI=1S/C14H15Cl2N3/c15-9-5-6-10(16)14-13(9)12(19-17)7-11(18-14)8-3-1-2-4-8/h5-8H,1-4,17H2,(H,18,19). The summed E-state index contributed by atoms with van der Waals surface area (Å²) in [6.45, 7) is 0. The Bertz CT molecular complexity index is 622. The van der Waals surface area contributed by atoms with Gasteiger partial charge in [0.25, 0.3) is 0 Å². The zero-order valence-electron chi connectivity index (χ0n) is 10.4. The van der Waals surface area contributed by atoms with Crippen LogP contribution in [0.25, 0.3) is 10.9 Å². The minimum absolute atomic E-state index is 0.506. The van der Waals surface area contributed by atoms with E-state index in [0.717, 1.165) is 22.3 Å². The van der Waals surface area contributed by atoms with E-state index in [1.807, 2.05) is 6.07 Å². The second-order valence-corrected chi connectivity index (χ2v) is 5.79. The second kappa shape index (κ2) is 5.16. The fourth-order valence-electron chi connectivity index (χ4n) is 2.83. The number of fused-ring (bicyclic) bond motifs is 1. The van der Waals surface area contributed by atoms with E-state index in [1.54, 1.807) is 12.1 Å². The third-order valence-electron chi connectivity index (χ3n) is 3.81. The fourth-order valence-corrected chi connectivity index (χ4v) is 3.29. The molecule has 0 amide bonds. The minimum Gasteiger partial charge on any atom is -0.323 e. The van der Waals surface area contributed by atoms with Crippen LogP contribution in [0.15, 0.2) is 18.2 Å². The number of halogens is 2. The third kappa shape index (κ3) is 2.27. The molecule has 2 aromatic rings. The van der Waals surface area contributed by atoms with Crippen molar-refractivity contribution in [3.63, 3.8) is 0 Å². The van der Waals surface area contributed by atoms with Crippen LogP contribution in [0.5, 0.6) is 0 Å². The summed E-state index contributed by atoms with van der Waals surface area (Å²) in [5, 5.41) is 2.01. The predicted molar refractivity (Wildman–Crippen MR) is 80.8 cm³/mol. The molecule has 0 unspecified atom stereocenters. The summed E-state index contributed by atoms with van der Waals surface area (Å²) in [5.41, 5.74) is 5.30. The number of nitrogens with two attached hydrogens (primary N) is 1. The highest BCUT2D eigenvalue weighted by Crippen LogP contribution is 2.39. The Morgan fingerprint density at radius 2 is 1.84 bits per heavy atom. The molecule has 1 aromatic carbocycles. The Morgan fingerprint density at radius 1 is 1.16 bits per heavy atom. The van der Waals surface area contributed by atoms with E-state index in [4.69, 9.17) is 34.0 Å². The molecule has 0 atom stereocenters. The van der Waals surface area contributed by atoms with Crippen molar-refractivity contribution in [2.45, 2.75) is 31.6 Å². The number of hydrogen-bond acceptors (Lipinski definition) is 3. The highest BCUT2D eigenvalue weighted by molar-refractivity contribution is 6.40. The minimum atomic E-state index is 0.506. The van der Waals surface area contributed by atoms with Gasteiger partial charge in [0.15, 0.2) is 0 Å². The van der Waals surface area contributed by atoms with Crippen LogP contribution in [-0.4, -0.2) is 4.98 Å². The molecule has 3 rings (SSSR count). The van der Waals surface area contributed by atoms with Gasteiger partial charge in [-0.15, -0.1) is 0 Å². The Balaban J connectivity index is 2.24. The monoisotopic (exact) mass is 295 g/mol. The van der Waals surface area contributed by atoms with Crippen molar-refractivity contribution in [3.8, 4) is 0 Å². The number of rotatable bonds is 2. The summed E-state index contributed by atoms with van der Waals surface area (Å²) < 4.78 is 0. The number of nitrogens with one attached hydrogen (secondary N) is 1. The van der Waals surface area contributed by atoms with E-state index in [-0.39, 0.29) is 0 Å². The number of hydrogen-bond donors (Lipinski definition) is 2. The maximum Gasteiger partial charge on any atom is 0.0927 e. The lowest BCUT2D eigenvalue weighted by molar-refractivity contribution is 0.701. The largest absolute Gasteiger partial charge is 0.323 e. The van der Waals surface area contributed by atoms with Crippen LogP contribution in [0.2, 0.25) is 10.0 Å². The molecule has 3 nitrogen and oxygen atoms in total. The SMILES string of the molecule is NNc1cc(C2CCCC2)nc2c(Cl)ccc(Cl)c12. The zero-order valence-corrected chi connectivity index (χ0v) is 11.9. The quantitative estimate of drug-likeness (QED) is 0.634. The molecule has 5 heteroatoms. The molecule has 1 aliphatic carbocycles.